The van der Waals surface area contributed by atoms with Gasteiger partial charge in [-0.05, 0) is 30.4 Å². The third kappa shape index (κ3) is 4.01. The van der Waals surface area contributed by atoms with Crippen LogP contribution in [0.1, 0.15) is 24.8 Å². The molecule has 1 fully saturated rings. The summed E-state index contributed by atoms with van der Waals surface area (Å²) in [7, 11) is 3.30. The van der Waals surface area contributed by atoms with Crippen LogP contribution in [0.3, 0.4) is 0 Å². The molecule has 0 atom stereocenters. The van der Waals surface area contributed by atoms with E-state index in [2.05, 4.69) is 15.6 Å². The number of anilines is 1. The molecule has 0 saturated heterocycles. The number of carboxylic acid groups (broad SMARTS) is 1. The number of carbonyl (C=O) groups is 1. The summed E-state index contributed by atoms with van der Waals surface area (Å²) in [5.41, 5.74) is 2.67. The van der Waals surface area contributed by atoms with E-state index in [-0.39, 0.29) is 11.3 Å². The highest BCUT2D eigenvalue weighted by atomic mass is 16.5. The molecular weight excluding hydrogens is 460 g/mol. The summed E-state index contributed by atoms with van der Waals surface area (Å²) in [6, 6.07) is 17.3. The van der Waals surface area contributed by atoms with Crippen molar-refractivity contribution in [2.45, 2.75) is 31.3 Å². The molecule has 36 heavy (non-hydrogen) atoms. The number of hydrogen-bond donors (Lipinski definition) is 3. The average molecular weight is 489 g/mol. The zero-order valence-electron chi connectivity index (χ0n) is 20.2. The van der Waals surface area contributed by atoms with Gasteiger partial charge in [0.25, 0.3) is 5.56 Å². The summed E-state index contributed by atoms with van der Waals surface area (Å²) in [5.74, 6) is 0.930. The van der Waals surface area contributed by atoms with Gasteiger partial charge in [-0.3, -0.25) is 9.36 Å². The smallest absolute Gasteiger partial charge is 0.405 e. The lowest BCUT2D eigenvalue weighted by molar-refractivity contribution is 0.144. The molecule has 186 valence electrons. The fraction of sp³-hybridized carbons (Fsp3) is 0.296. The number of aromatic nitrogens is 2. The second kappa shape index (κ2) is 9.50. The van der Waals surface area contributed by atoms with Gasteiger partial charge in [-0.25, -0.2) is 4.79 Å². The van der Waals surface area contributed by atoms with Crippen LogP contribution in [0.15, 0.2) is 63.8 Å². The van der Waals surface area contributed by atoms with Crippen LogP contribution in [0, 0.1) is 0 Å². The van der Waals surface area contributed by atoms with Gasteiger partial charge in [0.1, 0.15) is 11.1 Å². The molecule has 1 aliphatic rings. The van der Waals surface area contributed by atoms with Crippen LogP contribution in [0.5, 0.6) is 0 Å². The molecule has 1 saturated carbocycles. The predicted molar refractivity (Wildman–Crippen MR) is 137 cm³/mol. The van der Waals surface area contributed by atoms with Crippen LogP contribution in [0.25, 0.3) is 33.6 Å². The van der Waals surface area contributed by atoms with Crippen molar-refractivity contribution >= 4 is 23.1 Å². The van der Waals surface area contributed by atoms with Gasteiger partial charge in [0.15, 0.2) is 0 Å². The fourth-order valence-corrected chi connectivity index (χ4v) is 4.91. The molecule has 0 radical (unpaired) electrons. The minimum absolute atomic E-state index is 0.217. The van der Waals surface area contributed by atoms with E-state index >= 15 is 0 Å². The van der Waals surface area contributed by atoms with Crippen molar-refractivity contribution in [2.24, 2.45) is 0 Å². The molecule has 1 aliphatic carbocycles. The molecule has 4 aromatic rings. The van der Waals surface area contributed by atoms with Gasteiger partial charge < -0.3 is 24.9 Å². The van der Waals surface area contributed by atoms with Crippen molar-refractivity contribution in [3.05, 3.63) is 70.5 Å². The minimum Gasteiger partial charge on any atom is -0.465 e. The Morgan fingerprint density at radius 1 is 1.14 bits per heavy atom. The summed E-state index contributed by atoms with van der Waals surface area (Å²) in [4.78, 5) is 29.7. The third-order valence-electron chi connectivity index (χ3n) is 6.87. The monoisotopic (exact) mass is 488 g/mol. The Bertz CT molecular complexity index is 1450. The molecular formula is C27H28N4O5. The Balaban J connectivity index is 1.68. The highest BCUT2D eigenvalue weighted by molar-refractivity contribution is 6.00. The van der Waals surface area contributed by atoms with E-state index in [9.17, 15) is 14.7 Å². The Kier molecular flexibility index (Phi) is 6.24. The Morgan fingerprint density at radius 2 is 1.86 bits per heavy atom. The molecule has 0 unspecified atom stereocenters. The van der Waals surface area contributed by atoms with Gasteiger partial charge in [0, 0.05) is 25.3 Å². The van der Waals surface area contributed by atoms with Crippen LogP contribution in [0.2, 0.25) is 0 Å². The molecule has 9 heteroatoms. The number of benzene rings is 2. The van der Waals surface area contributed by atoms with Crippen LogP contribution in [-0.2, 0) is 16.8 Å². The van der Waals surface area contributed by atoms with Crippen LogP contribution >= 0.6 is 0 Å². The molecule has 0 aliphatic heterocycles. The number of methoxy groups -OCH3 is 1. The van der Waals surface area contributed by atoms with E-state index in [4.69, 9.17) is 9.15 Å². The van der Waals surface area contributed by atoms with Crippen molar-refractivity contribution in [1.29, 1.82) is 0 Å². The third-order valence-corrected chi connectivity index (χ3v) is 6.87. The minimum atomic E-state index is -1.03. The second-order valence-corrected chi connectivity index (χ2v) is 8.93. The maximum absolute atomic E-state index is 13.7. The maximum Gasteiger partial charge on any atom is 0.405 e. The zero-order chi connectivity index (χ0) is 25.3. The fourth-order valence-electron chi connectivity index (χ4n) is 4.91. The zero-order valence-corrected chi connectivity index (χ0v) is 20.2. The Morgan fingerprint density at radius 3 is 2.44 bits per heavy atom. The molecule has 2 aromatic heterocycles. The number of nitrogens with zero attached hydrogens (tertiary/aromatic N) is 2. The quantitative estimate of drug-likeness (QED) is 0.330. The topological polar surface area (TPSA) is 119 Å². The highest BCUT2D eigenvalue weighted by Crippen LogP contribution is 2.43. The van der Waals surface area contributed by atoms with Gasteiger partial charge in [0.2, 0.25) is 11.7 Å². The second-order valence-electron chi connectivity index (χ2n) is 8.93. The van der Waals surface area contributed by atoms with Crippen LogP contribution in [-0.4, -0.2) is 41.5 Å². The first-order valence-electron chi connectivity index (χ1n) is 11.9. The van der Waals surface area contributed by atoms with Gasteiger partial charge in [-0.15, -0.1) is 0 Å². The number of fused-ring (bicyclic) bond motifs is 1. The van der Waals surface area contributed by atoms with Crippen LogP contribution < -0.4 is 16.2 Å². The van der Waals surface area contributed by atoms with E-state index < -0.39 is 11.6 Å². The summed E-state index contributed by atoms with van der Waals surface area (Å²) in [6.45, 7) is 0.706. The standard InChI is InChI=1S/C27H28N4O5/c1-28-25-29-23-21(24(32)31(25)15-16-35-2)20(17-7-4-3-5-8-17)22(36-23)18-9-11-19(12-10-18)27(13-6-14-27)30-26(33)34/h3-5,7-12,30H,6,13-16H2,1-2H3,(H,28,29)(H,33,34). The lowest BCUT2D eigenvalue weighted by Gasteiger charge is -2.42. The summed E-state index contributed by atoms with van der Waals surface area (Å²) in [6.07, 6.45) is 1.46. The lowest BCUT2D eigenvalue weighted by Crippen LogP contribution is -2.50. The molecule has 5 rings (SSSR count). The Labute approximate surface area is 207 Å². The molecule has 3 N–H and O–H groups in total. The number of hydrogen-bond acceptors (Lipinski definition) is 6. The summed E-state index contributed by atoms with van der Waals surface area (Å²) >= 11 is 0. The number of ether oxygens (including phenoxy) is 1. The Hall–Kier alpha value is -4.11. The van der Waals surface area contributed by atoms with Gasteiger partial charge >= 0.3 is 6.09 Å². The first-order valence-corrected chi connectivity index (χ1v) is 11.9. The van der Waals surface area contributed by atoms with Crippen molar-refractivity contribution in [3.8, 4) is 22.5 Å². The maximum atomic E-state index is 13.7. The van der Waals surface area contributed by atoms with E-state index in [1.807, 2.05) is 54.6 Å². The van der Waals surface area contributed by atoms with Gasteiger partial charge in [0.05, 0.1) is 18.7 Å². The lowest BCUT2D eigenvalue weighted by atomic mass is 9.72. The van der Waals surface area contributed by atoms with Gasteiger partial charge in [-0.1, -0.05) is 54.6 Å². The van der Waals surface area contributed by atoms with Crippen molar-refractivity contribution < 1.29 is 19.1 Å². The average Bonchev–Trinajstić information content (AvgIpc) is 3.26. The largest absolute Gasteiger partial charge is 0.465 e. The molecule has 2 aromatic carbocycles. The first kappa shape index (κ1) is 23.6. The van der Waals surface area contributed by atoms with Crippen molar-refractivity contribution in [2.75, 3.05) is 26.1 Å². The molecule has 0 spiro atoms. The van der Waals surface area contributed by atoms with E-state index in [0.717, 1.165) is 36.0 Å². The number of rotatable bonds is 8. The van der Waals surface area contributed by atoms with Crippen molar-refractivity contribution in [3.63, 3.8) is 0 Å². The normalized spacial score (nSPS) is 14.4. The summed E-state index contributed by atoms with van der Waals surface area (Å²) in [5, 5.41) is 15.4. The number of nitrogens with one attached hydrogen (secondary N) is 2. The molecule has 2 heterocycles. The molecule has 1 amide bonds. The van der Waals surface area contributed by atoms with E-state index in [1.165, 1.54) is 0 Å². The van der Waals surface area contributed by atoms with Gasteiger partial charge in [-0.2, -0.15) is 4.98 Å². The van der Waals surface area contributed by atoms with E-state index in [1.54, 1.807) is 18.7 Å². The van der Waals surface area contributed by atoms with E-state index in [0.29, 0.717) is 35.8 Å². The molecule has 0 bridgehead atoms. The SMILES string of the molecule is CNc1nc2oc(-c3ccc(C4(NC(=O)O)CCC4)cc3)c(-c3ccccc3)c2c(=O)n1CCOC. The predicted octanol–water partition coefficient (Wildman–Crippen LogP) is 4.66. The number of amides is 1. The van der Waals surface area contributed by atoms with Crippen LogP contribution in [0.4, 0.5) is 10.7 Å². The van der Waals surface area contributed by atoms with Crippen molar-refractivity contribution in [1.82, 2.24) is 14.9 Å². The molecule has 9 nitrogen and oxygen atoms in total. The highest BCUT2D eigenvalue weighted by Gasteiger charge is 2.40. The summed E-state index contributed by atoms with van der Waals surface area (Å²) < 4.78 is 13.0. The first-order chi connectivity index (χ1) is 17.5. The number of furan rings is 1.